The van der Waals surface area contributed by atoms with Crippen LogP contribution in [0.15, 0.2) is 47.4 Å². The van der Waals surface area contributed by atoms with Gasteiger partial charge in [-0.3, -0.25) is 10.1 Å². The lowest BCUT2D eigenvalue weighted by Crippen LogP contribution is -2.40. The first-order valence-electron chi connectivity index (χ1n) is 8.81. The fraction of sp³-hybridized carbons (Fsp3) is 0.368. The van der Waals surface area contributed by atoms with Gasteiger partial charge in [0.25, 0.3) is 5.69 Å². The van der Waals surface area contributed by atoms with Gasteiger partial charge >= 0.3 is 0 Å². The minimum Gasteiger partial charge on any atom is -0.489 e. The van der Waals surface area contributed by atoms with E-state index >= 15 is 0 Å². The van der Waals surface area contributed by atoms with Crippen LogP contribution in [-0.4, -0.2) is 39.1 Å². The first-order valence-corrected chi connectivity index (χ1v) is 10.3. The highest BCUT2D eigenvalue weighted by Gasteiger charge is 2.26. The largest absolute Gasteiger partial charge is 0.489 e. The molecule has 0 amide bonds. The van der Waals surface area contributed by atoms with Crippen molar-refractivity contribution in [2.45, 2.75) is 31.2 Å². The van der Waals surface area contributed by atoms with Crippen molar-refractivity contribution in [3.05, 3.63) is 58.4 Å². The van der Waals surface area contributed by atoms with Crippen molar-refractivity contribution in [1.29, 1.82) is 0 Å². The molecule has 0 bridgehead atoms. The Morgan fingerprint density at radius 2 is 1.86 bits per heavy atom. The van der Waals surface area contributed by atoms with Gasteiger partial charge in [-0.25, -0.2) is 17.5 Å². The van der Waals surface area contributed by atoms with Crippen molar-refractivity contribution < 1.29 is 22.5 Å². The molecule has 158 valence electrons. The van der Waals surface area contributed by atoms with Gasteiger partial charge in [0.15, 0.2) is 11.6 Å². The van der Waals surface area contributed by atoms with E-state index in [4.69, 9.17) is 4.74 Å². The average molecular weight is 425 g/mol. The van der Waals surface area contributed by atoms with E-state index in [2.05, 4.69) is 4.72 Å². The maximum absolute atomic E-state index is 13.6. The Morgan fingerprint density at radius 3 is 2.45 bits per heavy atom. The van der Waals surface area contributed by atoms with Gasteiger partial charge in [0.05, 0.1) is 16.4 Å². The summed E-state index contributed by atoms with van der Waals surface area (Å²) in [7, 11) is -2.31. The van der Waals surface area contributed by atoms with Crippen LogP contribution in [-0.2, 0) is 10.0 Å². The second kappa shape index (κ2) is 8.75. The topological polar surface area (TPSA) is 102 Å². The van der Waals surface area contributed by atoms with E-state index in [1.807, 2.05) is 0 Å². The van der Waals surface area contributed by atoms with Crippen LogP contribution < -0.4 is 14.4 Å². The summed E-state index contributed by atoms with van der Waals surface area (Å²) in [5, 5.41) is 11.5. The van der Waals surface area contributed by atoms with Crippen LogP contribution in [0.5, 0.6) is 5.75 Å². The molecule has 0 aromatic heterocycles. The Kier molecular flexibility index (Phi) is 6.81. The lowest BCUT2D eigenvalue weighted by Gasteiger charge is -2.22. The molecule has 8 nitrogen and oxygen atoms in total. The molecule has 0 radical (unpaired) electrons. The molecule has 0 spiro atoms. The summed E-state index contributed by atoms with van der Waals surface area (Å²) in [4.78, 5) is 12.2. The van der Waals surface area contributed by atoms with Gasteiger partial charge in [0, 0.05) is 18.7 Å². The van der Waals surface area contributed by atoms with Crippen LogP contribution in [0.1, 0.15) is 20.8 Å². The maximum Gasteiger partial charge on any atom is 0.293 e. The zero-order valence-corrected chi connectivity index (χ0v) is 17.5. The lowest BCUT2D eigenvalue weighted by atomic mass is 10.1. The highest BCUT2D eigenvalue weighted by atomic mass is 32.2. The zero-order chi connectivity index (χ0) is 21.8. The standard InChI is InChI=1S/C19H24FN3O5S/c1-19(2,3)21-29(26,27)14-9-10-16(17(13-14)23(24)25)22(4)11-12-28-18-8-6-5-7-15(18)20/h5-10,13,21H,11-12H2,1-4H3. The molecule has 0 heterocycles. The molecule has 10 heteroatoms. The Labute approximate surface area is 169 Å². The highest BCUT2D eigenvalue weighted by molar-refractivity contribution is 7.89. The second-order valence-electron chi connectivity index (χ2n) is 7.46. The molecule has 2 aromatic carbocycles. The molecule has 1 N–H and O–H groups in total. The molecule has 2 aromatic rings. The third-order valence-electron chi connectivity index (χ3n) is 3.83. The molecule has 0 saturated carbocycles. The number of likely N-dealkylation sites (N-methyl/N-ethyl adjacent to an activating group) is 1. The SMILES string of the molecule is CN(CCOc1ccccc1F)c1ccc(S(=O)(=O)NC(C)(C)C)cc1[N+](=O)[O-]. The van der Waals surface area contributed by atoms with Crippen LogP contribution in [0.3, 0.4) is 0 Å². The van der Waals surface area contributed by atoms with Crippen LogP contribution in [0.2, 0.25) is 0 Å². The second-order valence-corrected chi connectivity index (χ2v) is 9.15. The van der Waals surface area contributed by atoms with E-state index in [1.54, 1.807) is 44.9 Å². The number of rotatable bonds is 8. The lowest BCUT2D eigenvalue weighted by molar-refractivity contribution is -0.384. The number of hydrogen-bond acceptors (Lipinski definition) is 6. The number of ether oxygens (including phenoxy) is 1. The molecule has 2 rings (SSSR count). The van der Waals surface area contributed by atoms with Gasteiger partial charge < -0.3 is 9.64 Å². The maximum atomic E-state index is 13.6. The fourth-order valence-corrected chi connectivity index (χ4v) is 4.01. The average Bonchev–Trinajstić information content (AvgIpc) is 2.60. The van der Waals surface area contributed by atoms with E-state index in [1.165, 1.54) is 24.3 Å². The van der Waals surface area contributed by atoms with Crippen LogP contribution >= 0.6 is 0 Å². The van der Waals surface area contributed by atoms with E-state index in [-0.39, 0.29) is 35.2 Å². The number of anilines is 1. The summed E-state index contributed by atoms with van der Waals surface area (Å²) < 4.78 is 46.3. The summed E-state index contributed by atoms with van der Waals surface area (Å²) in [6, 6.07) is 9.65. The van der Waals surface area contributed by atoms with Gasteiger partial charge in [0.2, 0.25) is 10.0 Å². The number of nitro groups is 1. The zero-order valence-electron chi connectivity index (χ0n) is 16.7. The third kappa shape index (κ3) is 6.13. The molecule has 0 saturated heterocycles. The fourth-order valence-electron chi connectivity index (χ4n) is 2.58. The Hall–Kier alpha value is -2.72. The van der Waals surface area contributed by atoms with Gasteiger partial charge in [-0.2, -0.15) is 0 Å². The number of sulfonamides is 1. The number of hydrogen-bond donors (Lipinski definition) is 1. The highest BCUT2D eigenvalue weighted by Crippen LogP contribution is 2.30. The summed E-state index contributed by atoms with van der Waals surface area (Å²) in [5.74, 6) is -0.410. The monoisotopic (exact) mass is 425 g/mol. The normalized spacial score (nSPS) is 11.9. The van der Waals surface area contributed by atoms with E-state index in [0.29, 0.717) is 0 Å². The molecule has 0 aliphatic heterocycles. The molecule has 0 aliphatic carbocycles. The number of nitrogens with one attached hydrogen (secondary N) is 1. The Balaban J connectivity index is 2.19. The minimum absolute atomic E-state index is 0.0835. The van der Waals surface area contributed by atoms with Crippen molar-refractivity contribution >= 4 is 21.4 Å². The summed E-state index contributed by atoms with van der Waals surface area (Å²) >= 11 is 0. The van der Waals surface area contributed by atoms with Crippen molar-refractivity contribution in [3.63, 3.8) is 0 Å². The summed E-state index contributed by atoms with van der Waals surface area (Å²) in [6.07, 6.45) is 0. The van der Waals surface area contributed by atoms with Crippen LogP contribution in [0, 0.1) is 15.9 Å². The molecule has 0 fully saturated rings. The van der Waals surface area contributed by atoms with Gasteiger partial charge in [-0.05, 0) is 45.0 Å². The minimum atomic E-state index is -3.91. The number of halogens is 1. The molecule has 0 atom stereocenters. The quantitative estimate of drug-likeness (QED) is 0.514. The first-order chi connectivity index (χ1) is 13.4. The van der Waals surface area contributed by atoms with E-state index in [0.717, 1.165) is 6.07 Å². The Morgan fingerprint density at radius 1 is 1.21 bits per heavy atom. The van der Waals surface area contributed by atoms with E-state index < -0.39 is 26.3 Å². The molecule has 0 unspecified atom stereocenters. The molecule has 0 aliphatic rings. The van der Waals surface area contributed by atoms with Crippen molar-refractivity contribution in [1.82, 2.24) is 4.72 Å². The Bertz CT molecular complexity index is 990. The third-order valence-corrected chi connectivity index (χ3v) is 5.58. The number of nitrogens with zero attached hydrogens (tertiary/aromatic N) is 2. The molecule has 29 heavy (non-hydrogen) atoms. The van der Waals surface area contributed by atoms with E-state index in [9.17, 15) is 22.9 Å². The molecular formula is C19H24FN3O5S. The number of para-hydroxylation sites is 1. The predicted octanol–water partition coefficient (Wildman–Crippen LogP) is 3.33. The van der Waals surface area contributed by atoms with Crippen LogP contribution in [0.4, 0.5) is 15.8 Å². The van der Waals surface area contributed by atoms with Gasteiger partial charge in [-0.1, -0.05) is 12.1 Å². The first kappa shape index (κ1) is 22.6. The van der Waals surface area contributed by atoms with Gasteiger partial charge in [0.1, 0.15) is 12.3 Å². The molecular weight excluding hydrogens is 401 g/mol. The summed E-state index contributed by atoms with van der Waals surface area (Å²) in [6.45, 7) is 5.34. The number of benzene rings is 2. The van der Waals surface area contributed by atoms with Gasteiger partial charge in [-0.15, -0.1) is 0 Å². The summed E-state index contributed by atoms with van der Waals surface area (Å²) in [5.41, 5.74) is -0.857. The number of nitro benzene ring substituents is 1. The van der Waals surface area contributed by atoms with Crippen LogP contribution in [0.25, 0.3) is 0 Å². The smallest absolute Gasteiger partial charge is 0.293 e. The van der Waals surface area contributed by atoms with Crippen molar-refractivity contribution in [2.24, 2.45) is 0 Å². The van der Waals surface area contributed by atoms with Crippen molar-refractivity contribution in [2.75, 3.05) is 25.1 Å². The predicted molar refractivity (Wildman–Crippen MR) is 108 cm³/mol. The van der Waals surface area contributed by atoms with Crippen molar-refractivity contribution in [3.8, 4) is 5.75 Å².